The number of carboxylic acid groups (broad SMARTS) is 1. The summed E-state index contributed by atoms with van der Waals surface area (Å²) in [5.41, 5.74) is 11.0. The molecular formula is C33H40ClN5O5. The van der Waals surface area contributed by atoms with Gasteiger partial charge in [0.25, 0.3) is 0 Å². The first-order valence-electron chi connectivity index (χ1n) is 15.4. The molecule has 234 valence electrons. The highest BCUT2D eigenvalue weighted by Gasteiger charge is 2.38. The third-order valence-electron chi connectivity index (χ3n) is 9.32. The Bertz CT molecular complexity index is 1470. The molecule has 44 heavy (non-hydrogen) atoms. The molecule has 0 spiro atoms. The second-order valence-corrected chi connectivity index (χ2v) is 12.5. The molecule has 2 aliphatic carbocycles. The third-order valence-corrected chi connectivity index (χ3v) is 9.57. The van der Waals surface area contributed by atoms with Crippen LogP contribution in [0.1, 0.15) is 42.4 Å². The second-order valence-electron chi connectivity index (χ2n) is 12.1. The number of hydrogen-bond acceptors (Lipinski definition) is 9. The summed E-state index contributed by atoms with van der Waals surface area (Å²) in [7, 11) is 0. The highest BCUT2D eigenvalue weighted by molar-refractivity contribution is 6.30. The first-order valence-corrected chi connectivity index (χ1v) is 15.8. The van der Waals surface area contributed by atoms with E-state index in [-0.39, 0.29) is 18.5 Å². The van der Waals surface area contributed by atoms with Gasteiger partial charge in [0.2, 0.25) is 5.95 Å². The van der Waals surface area contributed by atoms with Crippen LogP contribution in [0, 0.1) is 5.92 Å². The summed E-state index contributed by atoms with van der Waals surface area (Å²) in [6, 6.07) is 13.8. The maximum atomic E-state index is 11.3. The number of anilines is 2. The number of carbonyl (C=O) groups is 1. The Morgan fingerprint density at radius 1 is 1.05 bits per heavy atom. The summed E-state index contributed by atoms with van der Waals surface area (Å²) in [6.45, 7) is 5.03. The normalized spacial score (nSPS) is 21.9. The number of carboxylic acids is 1. The lowest BCUT2D eigenvalue weighted by Gasteiger charge is -2.39. The second kappa shape index (κ2) is 13.3. The highest BCUT2D eigenvalue weighted by atomic mass is 35.5. The topological polar surface area (TPSA) is 134 Å². The predicted octanol–water partition coefficient (Wildman–Crippen LogP) is 4.20. The number of nitrogens with zero attached hydrogens (tertiary/aromatic N) is 4. The van der Waals surface area contributed by atoms with Crippen LogP contribution in [0.5, 0.6) is 5.75 Å². The molecule has 0 unspecified atom stereocenters. The molecular weight excluding hydrogens is 582 g/mol. The van der Waals surface area contributed by atoms with E-state index in [0.29, 0.717) is 43.9 Å². The van der Waals surface area contributed by atoms with E-state index in [4.69, 9.17) is 31.8 Å². The number of ether oxygens (including phenoxy) is 2. The van der Waals surface area contributed by atoms with Crippen molar-refractivity contribution in [2.45, 2.75) is 50.7 Å². The molecule has 4 N–H and O–H groups in total. The Morgan fingerprint density at radius 2 is 1.80 bits per heavy atom. The summed E-state index contributed by atoms with van der Waals surface area (Å²) in [6.07, 6.45) is 3.95. The number of nitrogen functional groups attached to an aromatic ring is 1. The molecule has 1 saturated carbocycles. The van der Waals surface area contributed by atoms with Crippen molar-refractivity contribution in [3.8, 4) is 17.0 Å². The minimum absolute atomic E-state index is 0.0752. The van der Waals surface area contributed by atoms with Gasteiger partial charge in [-0.1, -0.05) is 23.7 Å². The van der Waals surface area contributed by atoms with Crippen LogP contribution < -0.4 is 15.4 Å². The first-order chi connectivity index (χ1) is 21.3. The van der Waals surface area contributed by atoms with Crippen molar-refractivity contribution >= 4 is 29.3 Å². The van der Waals surface area contributed by atoms with Gasteiger partial charge in [-0.2, -0.15) is 4.98 Å². The molecule has 6 rings (SSSR count). The molecule has 1 aliphatic heterocycles. The molecule has 10 nitrogen and oxygen atoms in total. The number of aliphatic hydroxyl groups is 1. The summed E-state index contributed by atoms with van der Waals surface area (Å²) in [5, 5.41) is 20.0. The van der Waals surface area contributed by atoms with Crippen molar-refractivity contribution in [1.29, 1.82) is 0 Å². The number of nitrogens with two attached hydrogens (primary N) is 1. The fourth-order valence-corrected chi connectivity index (χ4v) is 6.75. The number of aliphatic carboxylic acids is 1. The average Bonchev–Trinajstić information content (AvgIpc) is 3.04. The predicted molar refractivity (Wildman–Crippen MR) is 169 cm³/mol. The van der Waals surface area contributed by atoms with Crippen LogP contribution in [-0.2, 0) is 29.0 Å². The molecule has 0 atom stereocenters. The van der Waals surface area contributed by atoms with Crippen molar-refractivity contribution in [2.75, 3.05) is 56.6 Å². The van der Waals surface area contributed by atoms with Crippen molar-refractivity contribution in [3.05, 3.63) is 64.2 Å². The van der Waals surface area contributed by atoms with E-state index < -0.39 is 11.6 Å². The quantitative estimate of drug-likeness (QED) is 0.302. The molecule has 0 radical (unpaired) electrons. The number of aliphatic hydroxyl groups excluding tert-OH is 1. The van der Waals surface area contributed by atoms with E-state index in [1.54, 1.807) is 0 Å². The lowest BCUT2D eigenvalue weighted by molar-refractivity contribution is -0.149. The van der Waals surface area contributed by atoms with Gasteiger partial charge in [-0.15, -0.1) is 0 Å². The van der Waals surface area contributed by atoms with Gasteiger partial charge in [-0.25, -0.2) is 4.98 Å². The maximum absolute atomic E-state index is 11.3. The SMILES string of the molecule is Nc1nc2c(c(N3CCN(CCOC4(CO)CCC(C(=O)O)CC4)CC3)n1)CCc1cc(OCc3ccc(Cl)cc3)ccc1-2. The summed E-state index contributed by atoms with van der Waals surface area (Å²) in [5.74, 6) is 0.931. The van der Waals surface area contributed by atoms with Gasteiger partial charge in [-0.05, 0) is 80.0 Å². The zero-order chi connectivity index (χ0) is 30.7. The zero-order valence-electron chi connectivity index (χ0n) is 24.9. The number of piperazine rings is 1. The molecule has 2 fully saturated rings. The largest absolute Gasteiger partial charge is 0.489 e. The smallest absolute Gasteiger partial charge is 0.306 e. The minimum atomic E-state index is -0.754. The molecule has 2 heterocycles. The van der Waals surface area contributed by atoms with Gasteiger partial charge in [0.1, 0.15) is 18.2 Å². The Balaban J connectivity index is 1.05. The van der Waals surface area contributed by atoms with Gasteiger partial charge in [0.05, 0.1) is 30.4 Å². The number of fused-ring (bicyclic) bond motifs is 3. The Hall–Kier alpha value is -3.44. The van der Waals surface area contributed by atoms with Crippen LogP contribution in [0.15, 0.2) is 42.5 Å². The summed E-state index contributed by atoms with van der Waals surface area (Å²) >= 11 is 6.00. The third kappa shape index (κ3) is 6.78. The van der Waals surface area contributed by atoms with Crippen LogP contribution in [-0.4, -0.2) is 82.6 Å². The first kappa shape index (κ1) is 30.6. The fraction of sp³-hybridized carbons (Fsp3) is 0.485. The van der Waals surface area contributed by atoms with Crippen molar-refractivity contribution in [3.63, 3.8) is 0 Å². The fourth-order valence-electron chi connectivity index (χ4n) is 6.62. The lowest BCUT2D eigenvalue weighted by Crippen LogP contribution is -2.49. The van der Waals surface area contributed by atoms with Gasteiger partial charge < -0.3 is 30.3 Å². The van der Waals surface area contributed by atoms with Crippen LogP contribution in [0.25, 0.3) is 11.3 Å². The van der Waals surface area contributed by atoms with Crippen molar-refractivity contribution in [1.82, 2.24) is 14.9 Å². The zero-order valence-corrected chi connectivity index (χ0v) is 25.6. The highest BCUT2D eigenvalue weighted by Crippen LogP contribution is 2.39. The minimum Gasteiger partial charge on any atom is -0.489 e. The molecule has 0 amide bonds. The van der Waals surface area contributed by atoms with Gasteiger partial charge in [-0.3, -0.25) is 9.69 Å². The molecule has 3 aromatic rings. The summed E-state index contributed by atoms with van der Waals surface area (Å²) in [4.78, 5) is 25.4. The average molecular weight is 622 g/mol. The van der Waals surface area contributed by atoms with E-state index >= 15 is 0 Å². The van der Waals surface area contributed by atoms with E-state index in [9.17, 15) is 15.0 Å². The Labute approximate surface area is 262 Å². The van der Waals surface area contributed by atoms with Gasteiger partial charge in [0, 0.05) is 48.9 Å². The van der Waals surface area contributed by atoms with E-state index in [2.05, 4.69) is 26.9 Å². The van der Waals surface area contributed by atoms with E-state index in [1.807, 2.05) is 30.3 Å². The molecule has 0 bridgehead atoms. The van der Waals surface area contributed by atoms with Gasteiger partial charge in [0.15, 0.2) is 0 Å². The number of hydrogen-bond donors (Lipinski definition) is 3. The monoisotopic (exact) mass is 621 g/mol. The van der Waals surface area contributed by atoms with Crippen molar-refractivity contribution < 1.29 is 24.5 Å². The van der Waals surface area contributed by atoms with Crippen LogP contribution in [0.3, 0.4) is 0 Å². The van der Waals surface area contributed by atoms with Crippen LogP contribution in [0.2, 0.25) is 5.02 Å². The Morgan fingerprint density at radius 3 is 2.50 bits per heavy atom. The standard InChI is InChI=1S/C33H40ClN5O5/c34-25-4-1-22(2-5-25)20-43-26-6-8-27-24(19-26)3-7-28-29(27)36-32(35)37-30(28)39-15-13-38(14-16-39)17-18-44-33(21-40)11-9-23(10-12-33)31(41)42/h1-2,4-6,8,19,23,40H,3,7,9-18,20-21H2,(H,41,42)(H2,35,36,37). The molecule has 3 aliphatic rings. The number of halogens is 1. The van der Waals surface area contributed by atoms with Gasteiger partial charge >= 0.3 is 5.97 Å². The molecule has 1 aromatic heterocycles. The van der Waals surface area contributed by atoms with E-state index in [1.165, 1.54) is 5.56 Å². The molecule has 11 heteroatoms. The van der Waals surface area contributed by atoms with Crippen molar-refractivity contribution in [2.24, 2.45) is 5.92 Å². The number of aromatic nitrogens is 2. The van der Waals surface area contributed by atoms with Crippen LogP contribution >= 0.6 is 11.6 Å². The Kier molecular flexibility index (Phi) is 9.23. The number of benzene rings is 2. The summed E-state index contributed by atoms with van der Waals surface area (Å²) < 4.78 is 12.3. The maximum Gasteiger partial charge on any atom is 0.306 e. The molecule has 2 aromatic carbocycles. The number of aryl methyl sites for hydroxylation is 1. The van der Waals surface area contributed by atoms with E-state index in [0.717, 1.165) is 79.5 Å². The number of rotatable bonds is 10. The lowest BCUT2D eigenvalue weighted by atomic mass is 9.79. The molecule has 1 saturated heterocycles. The van der Waals surface area contributed by atoms with Crippen LogP contribution in [0.4, 0.5) is 11.8 Å².